The highest BCUT2D eigenvalue weighted by molar-refractivity contribution is 9.10. The molecule has 0 spiro atoms. The Balaban J connectivity index is 2.02. The molecular weight excluding hydrogens is 428 g/mol. The van der Waals surface area contributed by atoms with Crippen molar-refractivity contribution in [3.63, 3.8) is 0 Å². The molecule has 2 aromatic carbocycles. The molecule has 1 heterocycles. The zero-order valence-corrected chi connectivity index (χ0v) is 16.7. The van der Waals surface area contributed by atoms with E-state index in [1.165, 1.54) is 12.1 Å². The van der Waals surface area contributed by atoms with Crippen LogP contribution >= 0.6 is 15.9 Å². The fourth-order valence-electron chi connectivity index (χ4n) is 3.00. The average molecular weight is 445 g/mol. The summed E-state index contributed by atoms with van der Waals surface area (Å²) in [6.45, 7) is 3.49. The standard InChI is InChI=1S/C19H17BrN4O4/c1-10-5-3-4-6-14(10)22-18(25)16-11(2)21-19(26)23-17(16)12-7-8-13(20)15(9-12)24(27)28/h3-9,17H,1-2H3,(H,22,25)(H2,21,23,26). The number of halogens is 1. The number of rotatable bonds is 4. The van der Waals surface area contributed by atoms with Crippen molar-refractivity contribution in [1.82, 2.24) is 10.6 Å². The minimum atomic E-state index is -0.829. The van der Waals surface area contributed by atoms with Gasteiger partial charge in [0.15, 0.2) is 0 Å². The molecule has 8 nitrogen and oxygen atoms in total. The largest absolute Gasteiger partial charge is 0.327 e. The van der Waals surface area contributed by atoms with E-state index >= 15 is 0 Å². The minimum Gasteiger partial charge on any atom is -0.327 e. The van der Waals surface area contributed by atoms with E-state index < -0.39 is 22.9 Å². The molecule has 0 saturated carbocycles. The molecule has 28 heavy (non-hydrogen) atoms. The third kappa shape index (κ3) is 3.89. The molecule has 3 N–H and O–H groups in total. The topological polar surface area (TPSA) is 113 Å². The van der Waals surface area contributed by atoms with Crippen LogP contribution in [-0.2, 0) is 4.79 Å². The van der Waals surface area contributed by atoms with Gasteiger partial charge in [-0.2, -0.15) is 0 Å². The van der Waals surface area contributed by atoms with Crippen LogP contribution in [0.2, 0.25) is 0 Å². The first-order chi connectivity index (χ1) is 13.3. The molecule has 1 aliphatic heterocycles. The van der Waals surface area contributed by atoms with Crippen molar-refractivity contribution >= 4 is 39.2 Å². The second-order valence-corrected chi connectivity index (χ2v) is 7.16. The van der Waals surface area contributed by atoms with Crippen LogP contribution in [0.1, 0.15) is 24.1 Å². The molecule has 3 rings (SSSR count). The van der Waals surface area contributed by atoms with Crippen molar-refractivity contribution in [2.45, 2.75) is 19.9 Å². The van der Waals surface area contributed by atoms with E-state index in [1.807, 2.05) is 19.1 Å². The Hall–Kier alpha value is -3.20. The maximum Gasteiger partial charge on any atom is 0.319 e. The van der Waals surface area contributed by atoms with Crippen LogP contribution in [-0.4, -0.2) is 16.9 Å². The van der Waals surface area contributed by atoms with Crippen LogP contribution in [0.3, 0.4) is 0 Å². The number of allylic oxidation sites excluding steroid dienone is 1. The van der Waals surface area contributed by atoms with Crippen molar-refractivity contribution in [3.05, 3.63) is 79.4 Å². The average Bonchev–Trinajstić information content (AvgIpc) is 2.63. The van der Waals surface area contributed by atoms with Crippen LogP contribution in [0.15, 0.2) is 58.2 Å². The van der Waals surface area contributed by atoms with Crippen LogP contribution in [0.4, 0.5) is 16.2 Å². The number of nitro benzene ring substituents is 1. The second-order valence-electron chi connectivity index (χ2n) is 6.31. The molecule has 1 atom stereocenters. The molecule has 144 valence electrons. The van der Waals surface area contributed by atoms with E-state index in [9.17, 15) is 19.7 Å². The molecule has 0 radical (unpaired) electrons. The molecule has 0 aromatic heterocycles. The Morgan fingerprint density at radius 1 is 1.21 bits per heavy atom. The van der Waals surface area contributed by atoms with Gasteiger partial charge >= 0.3 is 6.03 Å². The second kappa shape index (κ2) is 7.81. The summed E-state index contributed by atoms with van der Waals surface area (Å²) in [5.41, 5.74) is 2.47. The van der Waals surface area contributed by atoms with Crippen molar-refractivity contribution in [3.8, 4) is 0 Å². The highest BCUT2D eigenvalue weighted by atomic mass is 79.9. The molecule has 0 saturated heterocycles. The number of hydrogen-bond acceptors (Lipinski definition) is 4. The quantitative estimate of drug-likeness (QED) is 0.489. The van der Waals surface area contributed by atoms with E-state index in [2.05, 4.69) is 31.9 Å². The maximum atomic E-state index is 13.0. The van der Waals surface area contributed by atoms with Gasteiger partial charge in [-0.3, -0.25) is 14.9 Å². The molecular formula is C19H17BrN4O4. The number of nitrogens with zero attached hydrogens (tertiary/aromatic N) is 1. The van der Waals surface area contributed by atoms with E-state index in [1.54, 1.807) is 25.1 Å². The molecule has 0 bridgehead atoms. The summed E-state index contributed by atoms with van der Waals surface area (Å²) >= 11 is 3.14. The number of urea groups is 1. The van der Waals surface area contributed by atoms with Gasteiger partial charge in [0, 0.05) is 17.5 Å². The summed E-state index contributed by atoms with van der Waals surface area (Å²) < 4.78 is 0.313. The fraction of sp³-hybridized carbons (Fsp3) is 0.158. The summed E-state index contributed by atoms with van der Waals surface area (Å²) in [6, 6.07) is 10.5. The zero-order chi connectivity index (χ0) is 20.4. The van der Waals surface area contributed by atoms with Crippen molar-refractivity contribution in [2.24, 2.45) is 0 Å². The van der Waals surface area contributed by atoms with Crippen molar-refractivity contribution < 1.29 is 14.5 Å². The van der Waals surface area contributed by atoms with E-state index in [0.29, 0.717) is 21.4 Å². The number of anilines is 1. The zero-order valence-electron chi connectivity index (χ0n) is 15.1. The lowest BCUT2D eigenvalue weighted by Crippen LogP contribution is -2.46. The number of hydrogen-bond donors (Lipinski definition) is 3. The molecule has 3 amide bonds. The summed E-state index contributed by atoms with van der Waals surface area (Å²) in [7, 11) is 0. The van der Waals surface area contributed by atoms with E-state index in [0.717, 1.165) is 5.56 Å². The number of nitro groups is 1. The Bertz CT molecular complexity index is 1020. The molecule has 0 aliphatic carbocycles. The summed E-state index contributed by atoms with van der Waals surface area (Å²) in [5.74, 6) is -0.408. The molecule has 1 aliphatic rings. The molecule has 2 aromatic rings. The number of amides is 3. The lowest BCUT2D eigenvalue weighted by Gasteiger charge is -2.28. The Kier molecular flexibility index (Phi) is 5.46. The van der Waals surface area contributed by atoms with E-state index in [-0.39, 0.29) is 11.3 Å². The number of nitrogens with one attached hydrogen (secondary N) is 3. The Labute approximate surface area is 169 Å². The number of carbonyl (C=O) groups excluding carboxylic acids is 2. The Morgan fingerprint density at radius 3 is 2.61 bits per heavy atom. The minimum absolute atomic E-state index is 0.151. The van der Waals surface area contributed by atoms with Gasteiger partial charge in [-0.1, -0.05) is 24.3 Å². The van der Waals surface area contributed by atoms with Crippen LogP contribution < -0.4 is 16.0 Å². The van der Waals surface area contributed by atoms with Gasteiger partial charge in [-0.25, -0.2) is 4.79 Å². The SMILES string of the molecule is CC1=C(C(=O)Nc2ccccc2C)C(c2ccc(Br)c([N+](=O)[O-])c2)NC(=O)N1. The third-order valence-corrected chi connectivity index (χ3v) is 5.08. The maximum absolute atomic E-state index is 13.0. The third-order valence-electron chi connectivity index (χ3n) is 4.41. The van der Waals surface area contributed by atoms with Gasteiger partial charge in [-0.15, -0.1) is 0 Å². The number of benzene rings is 2. The first kappa shape index (κ1) is 19.6. The number of carbonyl (C=O) groups is 2. The Morgan fingerprint density at radius 2 is 1.93 bits per heavy atom. The highest BCUT2D eigenvalue weighted by Crippen LogP contribution is 2.33. The van der Waals surface area contributed by atoms with Crippen molar-refractivity contribution in [2.75, 3.05) is 5.32 Å². The summed E-state index contributed by atoms with van der Waals surface area (Å²) in [5, 5.41) is 19.4. The first-order valence-corrected chi connectivity index (χ1v) is 9.16. The lowest BCUT2D eigenvalue weighted by atomic mass is 9.94. The normalized spacial score (nSPS) is 16.2. The van der Waals surface area contributed by atoms with Crippen LogP contribution in [0.5, 0.6) is 0 Å². The lowest BCUT2D eigenvalue weighted by molar-refractivity contribution is -0.385. The van der Waals surface area contributed by atoms with Gasteiger partial charge in [0.25, 0.3) is 11.6 Å². The summed E-state index contributed by atoms with van der Waals surface area (Å²) in [6.07, 6.45) is 0. The van der Waals surface area contributed by atoms with Gasteiger partial charge < -0.3 is 16.0 Å². The smallest absolute Gasteiger partial charge is 0.319 e. The van der Waals surface area contributed by atoms with E-state index in [4.69, 9.17) is 0 Å². The van der Waals surface area contributed by atoms with Crippen LogP contribution in [0.25, 0.3) is 0 Å². The van der Waals surface area contributed by atoms with Crippen LogP contribution in [0, 0.1) is 17.0 Å². The van der Waals surface area contributed by atoms with Gasteiger partial charge in [0.2, 0.25) is 0 Å². The van der Waals surface area contributed by atoms with Gasteiger partial charge in [0.05, 0.1) is 21.0 Å². The molecule has 1 unspecified atom stereocenters. The number of para-hydroxylation sites is 1. The first-order valence-electron chi connectivity index (χ1n) is 8.37. The van der Waals surface area contributed by atoms with Crippen molar-refractivity contribution in [1.29, 1.82) is 0 Å². The highest BCUT2D eigenvalue weighted by Gasteiger charge is 2.32. The predicted octanol–water partition coefficient (Wildman–Crippen LogP) is 3.93. The van der Waals surface area contributed by atoms with Gasteiger partial charge in [0.1, 0.15) is 0 Å². The molecule has 0 fully saturated rings. The number of aryl methyl sites for hydroxylation is 1. The monoisotopic (exact) mass is 444 g/mol. The molecule has 9 heteroatoms. The van der Waals surface area contributed by atoms with Gasteiger partial charge in [-0.05, 0) is 53.0 Å². The fourth-order valence-corrected chi connectivity index (χ4v) is 3.39. The summed E-state index contributed by atoms with van der Waals surface area (Å²) in [4.78, 5) is 35.7. The predicted molar refractivity (Wildman–Crippen MR) is 108 cm³/mol.